The van der Waals surface area contributed by atoms with E-state index in [4.69, 9.17) is 10.6 Å². The lowest BCUT2D eigenvalue weighted by Crippen LogP contribution is -2.32. The molecule has 2 aromatic heterocycles. The second-order valence-electron chi connectivity index (χ2n) is 4.54. The van der Waals surface area contributed by atoms with Gasteiger partial charge in [0.25, 0.3) is 0 Å². The van der Waals surface area contributed by atoms with E-state index < -0.39 is 0 Å². The van der Waals surface area contributed by atoms with Gasteiger partial charge in [-0.1, -0.05) is 0 Å². The second kappa shape index (κ2) is 5.98. The van der Waals surface area contributed by atoms with E-state index in [9.17, 15) is 0 Å². The SMILES string of the molecule is CCn1ncc(OC)c1C(NN)c1cc(C)nnc1C. The van der Waals surface area contributed by atoms with Gasteiger partial charge >= 0.3 is 0 Å². The first-order valence-corrected chi connectivity index (χ1v) is 6.49. The first-order chi connectivity index (χ1) is 9.62. The number of ether oxygens (including phenoxy) is 1. The molecule has 0 aliphatic heterocycles. The maximum atomic E-state index is 5.77. The number of rotatable bonds is 5. The normalized spacial score (nSPS) is 12.4. The summed E-state index contributed by atoms with van der Waals surface area (Å²) >= 11 is 0. The number of aromatic nitrogens is 4. The van der Waals surface area contributed by atoms with Crippen LogP contribution < -0.4 is 16.0 Å². The fourth-order valence-corrected chi connectivity index (χ4v) is 2.26. The van der Waals surface area contributed by atoms with E-state index in [1.54, 1.807) is 13.3 Å². The smallest absolute Gasteiger partial charge is 0.161 e. The number of methoxy groups -OCH3 is 1. The average molecular weight is 276 g/mol. The van der Waals surface area contributed by atoms with E-state index in [1.807, 2.05) is 31.5 Å². The molecule has 0 amide bonds. The molecule has 0 saturated carbocycles. The highest BCUT2D eigenvalue weighted by molar-refractivity contribution is 5.38. The van der Waals surface area contributed by atoms with Crippen LogP contribution in [0.5, 0.6) is 5.75 Å². The van der Waals surface area contributed by atoms with Gasteiger partial charge in [0.15, 0.2) is 5.75 Å². The molecule has 2 aromatic rings. The largest absolute Gasteiger partial charge is 0.493 e. The molecule has 7 nitrogen and oxygen atoms in total. The quantitative estimate of drug-likeness (QED) is 0.622. The van der Waals surface area contributed by atoms with Crippen LogP contribution in [0.25, 0.3) is 0 Å². The molecule has 0 aromatic carbocycles. The van der Waals surface area contributed by atoms with Crippen molar-refractivity contribution >= 4 is 0 Å². The highest BCUT2D eigenvalue weighted by Gasteiger charge is 2.24. The van der Waals surface area contributed by atoms with Crippen molar-refractivity contribution in [1.82, 2.24) is 25.4 Å². The molecule has 7 heteroatoms. The van der Waals surface area contributed by atoms with E-state index in [1.165, 1.54) is 0 Å². The molecule has 0 fully saturated rings. The topological polar surface area (TPSA) is 90.9 Å². The summed E-state index contributed by atoms with van der Waals surface area (Å²) in [7, 11) is 1.62. The van der Waals surface area contributed by atoms with Gasteiger partial charge in [-0.2, -0.15) is 15.3 Å². The third kappa shape index (κ3) is 2.50. The van der Waals surface area contributed by atoms with Crippen molar-refractivity contribution in [2.24, 2.45) is 5.84 Å². The minimum Gasteiger partial charge on any atom is -0.493 e. The van der Waals surface area contributed by atoms with Crippen molar-refractivity contribution in [2.45, 2.75) is 33.4 Å². The zero-order valence-electron chi connectivity index (χ0n) is 12.2. The lowest BCUT2D eigenvalue weighted by atomic mass is 10.0. The summed E-state index contributed by atoms with van der Waals surface area (Å²) in [6, 6.07) is 1.72. The standard InChI is InChI=1S/C13H20N6O/c1-5-19-13(11(20-4)7-15-19)12(16-14)10-6-8(2)17-18-9(10)3/h6-7,12,16H,5,14H2,1-4H3. The summed E-state index contributed by atoms with van der Waals surface area (Å²) in [6.45, 7) is 6.56. The van der Waals surface area contributed by atoms with Crippen LogP contribution in [0.2, 0.25) is 0 Å². The van der Waals surface area contributed by atoms with Crippen molar-refractivity contribution in [3.8, 4) is 5.75 Å². The van der Waals surface area contributed by atoms with Gasteiger partial charge in [0.2, 0.25) is 0 Å². The third-order valence-electron chi connectivity index (χ3n) is 3.26. The number of hydrazine groups is 1. The maximum Gasteiger partial charge on any atom is 0.161 e. The number of nitrogens with zero attached hydrogens (tertiary/aromatic N) is 4. The molecule has 2 heterocycles. The number of hydrogen-bond acceptors (Lipinski definition) is 6. The zero-order chi connectivity index (χ0) is 14.7. The molecule has 1 atom stereocenters. The van der Waals surface area contributed by atoms with Crippen LogP contribution in [0.1, 0.15) is 35.6 Å². The predicted octanol–water partition coefficient (Wildman–Crippen LogP) is 0.871. The first kappa shape index (κ1) is 14.4. The van der Waals surface area contributed by atoms with Gasteiger partial charge in [0.1, 0.15) is 5.69 Å². The summed E-state index contributed by atoms with van der Waals surface area (Å²) in [5.41, 5.74) is 6.34. The highest BCUT2D eigenvalue weighted by atomic mass is 16.5. The van der Waals surface area contributed by atoms with Crippen molar-refractivity contribution in [1.29, 1.82) is 0 Å². The molecule has 108 valence electrons. The summed E-state index contributed by atoms with van der Waals surface area (Å²) in [5.74, 6) is 6.47. The van der Waals surface area contributed by atoms with Crippen molar-refractivity contribution in [3.63, 3.8) is 0 Å². The van der Waals surface area contributed by atoms with Crippen LogP contribution in [0.3, 0.4) is 0 Å². The van der Waals surface area contributed by atoms with Crippen molar-refractivity contribution in [2.75, 3.05) is 7.11 Å². The molecular formula is C13H20N6O. The van der Waals surface area contributed by atoms with E-state index in [0.717, 1.165) is 29.2 Å². The van der Waals surface area contributed by atoms with E-state index >= 15 is 0 Å². The van der Waals surface area contributed by atoms with E-state index in [2.05, 4.69) is 20.7 Å². The Morgan fingerprint density at radius 3 is 2.75 bits per heavy atom. The van der Waals surface area contributed by atoms with Gasteiger partial charge in [-0.3, -0.25) is 10.5 Å². The van der Waals surface area contributed by atoms with Gasteiger partial charge in [-0.05, 0) is 26.8 Å². The lowest BCUT2D eigenvalue weighted by molar-refractivity contribution is 0.399. The van der Waals surface area contributed by atoms with Crippen LogP contribution in [-0.4, -0.2) is 27.1 Å². The van der Waals surface area contributed by atoms with Crippen molar-refractivity contribution in [3.05, 3.63) is 34.9 Å². The fraction of sp³-hybridized carbons (Fsp3) is 0.462. The number of aryl methyl sites for hydroxylation is 3. The molecule has 2 rings (SSSR count). The molecule has 3 N–H and O–H groups in total. The molecule has 20 heavy (non-hydrogen) atoms. The molecule has 1 unspecified atom stereocenters. The van der Waals surface area contributed by atoms with Crippen LogP contribution in [0.4, 0.5) is 0 Å². The second-order valence-corrected chi connectivity index (χ2v) is 4.54. The van der Waals surface area contributed by atoms with Crippen molar-refractivity contribution < 1.29 is 4.74 Å². The van der Waals surface area contributed by atoms with E-state index in [0.29, 0.717) is 5.75 Å². The molecule has 0 radical (unpaired) electrons. The van der Waals surface area contributed by atoms with Gasteiger partial charge < -0.3 is 4.74 Å². The minimum atomic E-state index is -0.249. The number of nitrogens with two attached hydrogens (primary N) is 1. The first-order valence-electron chi connectivity index (χ1n) is 6.49. The average Bonchev–Trinajstić information content (AvgIpc) is 2.86. The van der Waals surface area contributed by atoms with E-state index in [-0.39, 0.29) is 6.04 Å². The highest BCUT2D eigenvalue weighted by Crippen LogP contribution is 2.30. The summed E-state index contributed by atoms with van der Waals surface area (Å²) in [4.78, 5) is 0. The Labute approximate surface area is 118 Å². The molecule has 0 bridgehead atoms. The Morgan fingerprint density at radius 1 is 1.40 bits per heavy atom. The van der Waals surface area contributed by atoms with Gasteiger partial charge in [-0.25, -0.2) is 5.43 Å². The molecule has 0 aliphatic carbocycles. The van der Waals surface area contributed by atoms with Crippen LogP contribution in [0, 0.1) is 13.8 Å². The van der Waals surface area contributed by atoms with Crippen LogP contribution in [-0.2, 0) is 6.54 Å². The number of hydrogen-bond donors (Lipinski definition) is 2. The predicted molar refractivity (Wildman–Crippen MR) is 75.1 cm³/mol. The Kier molecular flexibility index (Phi) is 4.31. The monoisotopic (exact) mass is 276 g/mol. The molecule has 0 aliphatic rings. The Hall–Kier alpha value is -1.99. The third-order valence-corrected chi connectivity index (χ3v) is 3.26. The van der Waals surface area contributed by atoms with Gasteiger partial charge in [0, 0.05) is 12.1 Å². The Balaban J connectivity index is 2.57. The van der Waals surface area contributed by atoms with Crippen LogP contribution in [0.15, 0.2) is 12.3 Å². The summed E-state index contributed by atoms with van der Waals surface area (Å²) in [6.07, 6.45) is 1.69. The summed E-state index contributed by atoms with van der Waals surface area (Å²) < 4.78 is 7.25. The summed E-state index contributed by atoms with van der Waals surface area (Å²) in [5, 5.41) is 12.5. The lowest BCUT2D eigenvalue weighted by Gasteiger charge is -2.20. The molecule has 0 spiro atoms. The fourth-order valence-electron chi connectivity index (χ4n) is 2.26. The number of nitrogens with one attached hydrogen (secondary N) is 1. The van der Waals surface area contributed by atoms with Gasteiger partial charge in [-0.15, -0.1) is 0 Å². The van der Waals surface area contributed by atoms with Crippen LogP contribution >= 0.6 is 0 Å². The Morgan fingerprint density at radius 2 is 2.15 bits per heavy atom. The Bertz CT molecular complexity index is 573. The zero-order valence-corrected chi connectivity index (χ0v) is 12.2. The minimum absolute atomic E-state index is 0.249. The maximum absolute atomic E-state index is 5.77. The molecular weight excluding hydrogens is 256 g/mol. The van der Waals surface area contributed by atoms with Gasteiger partial charge in [0.05, 0.1) is 30.7 Å². The molecule has 0 saturated heterocycles.